The summed E-state index contributed by atoms with van der Waals surface area (Å²) < 4.78 is 22.6. The van der Waals surface area contributed by atoms with Crippen molar-refractivity contribution in [3.8, 4) is 23.6 Å². The summed E-state index contributed by atoms with van der Waals surface area (Å²) in [6.45, 7) is 7.08. The molecule has 1 aliphatic heterocycles. The van der Waals surface area contributed by atoms with Gasteiger partial charge in [-0.05, 0) is 58.1 Å². The van der Waals surface area contributed by atoms with Crippen LogP contribution in [0.4, 0.5) is 0 Å². The van der Waals surface area contributed by atoms with Gasteiger partial charge in [-0.1, -0.05) is 23.5 Å². The van der Waals surface area contributed by atoms with Gasteiger partial charge in [-0.15, -0.1) is 0 Å². The van der Waals surface area contributed by atoms with Gasteiger partial charge in [0, 0.05) is 12.8 Å². The molecule has 2 rings (SSSR count). The Bertz CT molecular complexity index is 1010. The van der Waals surface area contributed by atoms with Crippen molar-refractivity contribution in [1.82, 2.24) is 0 Å². The van der Waals surface area contributed by atoms with Crippen molar-refractivity contribution in [2.45, 2.75) is 69.1 Å². The first-order valence-corrected chi connectivity index (χ1v) is 13.2. The number of nitrogens with zero attached hydrogens (tertiary/aromatic N) is 2. The molecule has 0 bridgehead atoms. The number of hydrogen-bond acceptors (Lipinski definition) is 10. The zero-order valence-corrected chi connectivity index (χ0v) is 21.9. The molecule has 188 valence electrons. The van der Waals surface area contributed by atoms with E-state index < -0.39 is 0 Å². The molecule has 0 aliphatic carbocycles. The highest BCUT2D eigenvalue weighted by atomic mass is 32.2. The van der Waals surface area contributed by atoms with E-state index in [1.165, 1.54) is 23.5 Å². The molecule has 0 radical (unpaired) electrons. The standard InChI is InChI=1S/C25H30N2O6S2/c1-4-30-20(28)10-6-8-12-32-19-14-17(3)22(33-13-9-7-11-21(29)31-5-2)24-23(19)34-25(35-24)18(15-26)16-27/h14H,4-13H2,1-3H3. The zero-order valence-electron chi connectivity index (χ0n) is 20.3. The van der Waals surface area contributed by atoms with Crippen molar-refractivity contribution in [1.29, 1.82) is 10.5 Å². The second kappa shape index (κ2) is 15.2. The van der Waals surface area contributed by atoms with Crippen LogP contribution in [0.15, 0.2) is 25.7 Å². The molecule has 0 unspecified atom stereocenters. The molecule has 10 heteroatoms. The predicted octanol–water partition coefficient (Wildman–Crippen LogP) is 5.68. The Morgan fingerprint density at radius 2 is 1.40 bits per heavy atom. The van der Waals surface area contributed by atoms with Crippen molar-refractivity contribution in [3.05, 3.63) is 21.4 Å². The lowest BCUT2D eigenvalue weighted by Gasteiger charge is -2.16. The number of esters is 2. The number of unbranched alkanes of at least 4 members (excludes halogenated alkanes) is 2. The number of aryl methyl sites for hydroxylation is 1. The summed E-state index contributed by atoms with van der Waals surface area (Å²) in [5.74, 6) is 0.922. The fourth-order valence-electron chi connectivity index (χ4n) is 3.19. The Morgan fingerprint density at radius 3 is 1.94 bits per heavy atom. The van der Waals surface area contributed by atoms with Gasteiger partial charge in [-0.25, -0.2) is 0 Å². The first-order valence-electron chi connectivity index (χ1n) is 11.6. The average Bonchev–Trinajstić information content (AvgIpc) is 3.26. The maximum atomic E-state index is 11.5. The van der Waals surface area contributed by atoms with Crippen LogP contribution >= 0.6 is 23.5 Å². The van der Waals surface area contributed by atoms with Gasteiger partial charge in [-0.3, -0.25) is 9.59 Å². The topological polar surface area (TPSA) is 119 Å². The Hall–Kier alpha value is -2.82. The number of benzene rings is 1. The minimum absolute atomic E-state index is 0.0506. The van der Waals surface area contributed by atoms with Crippen LogP contribution in [-0.4, -0.2) is 38.4 Å². The van der Waals surface area contributed by atoms with Crippen LogP contribution < -0.4 is 9.47 Å². The summed E-state index contributed by atoms with van der Waals surface area (Å²) in [5.41, 5.74) is 0.926. The number of fused-ring (bicyclic) bond motifs is 1. The van der Waals surface area contributed by atoms with Gasteiger partial charge >= 0.3 is 11.9 Å². The van der Waals surface area contributed by atoms with Crippen LogP contribution in [0.25, 0.3) is 0 Å². The summed E-state index contributed by atoms with van der Waals surface area (Å²) >= 11 is 2.66. The van der Waals surface area contributed by atoms with Gasteiger partial charge in [0.1, 0.15) is 29.2 Å². The fourth-order valence-corrected chi connectivity index (χ4v) is 5.77. The van der Waals surface area contributed by atoms with Crippen molar-refractivity contribution < 1.29 is 28.5 Å². The molecular weight excluding hydrogens is 488 g/mol. The Morgan fingerprint density at radius 1 is 0.857 bits per heavy atom. The molecule has 1 heterocycles. The van der Waals surface area contributed by atoms with Crippen LogP contribution in [0.2, 0.25) is 0 Å². The maximum absolute atomic E-state index is 11.5. The highest BCUT2D eigenvalue weighted by Gasteiger charge is 2.30. The van der Waals surface area contributed by atoms with Crippen molar-refractivity contribution in [3.63, 3.8) is 0 Å². The molecule has 0 spiro atoms. The number of thioether (sulfide) groups is 2. The summed E-state index contributed by atoms with van der Waals surface area (Å²) in [6.07, 6.45) is 3.40. The molecule has 0 saturated heterocycles. The second-order valence-corrected chi connectivity index (χ2v) is 9.79. The number of carbonyl (C=O) groups is 2. The van der Waals surface area contributed by atoms with Gasteiger partial charge in [0.05, 0.1) is 40.5 Å². The number of hydrogen-bond donors (Lipinski definition) is 0. The molecule has 0 aromatic heterocycles. The number of ether oxygens (including phenoxy) is 4. The quantitative estimate of drug-likeness (QED) is 0.173. The second-order valence-electron chi connectivity index (χ2n) is 7.49. The van der Waals surface area contributed by atoms with Gasteiger partial charge in [0.2, 0.25) is 0 Å². The smallest absolute Gasteiger partial charge is 0.305 e. The highest BCUT2D eigenvalue weighted by Crippen LogP contribution is 2.59. The third kappa shape index (κ3) is 8.72. The number of rotatable bonds is 14. The van der Waals surface area contributed by atoms with Crippen LogP contribution in [0.5, 0.6) is 11.5 Å². The normalized spacial score (nSPS) is 11.7. The zero-order chi connectivity index (χ0) is 25.6. The van der Waals surface area contributed by atoms with Crippen LogP contribution in [0.3, 0.4) is 0 Å². The van der Waals surface area contributed by atoms with Crippen LogP contribution in [0.1, 0.15) is 57.9 Å². The summed E-state index contributed by atoms with van der Waals surface area (Å²) in [4.78, 5) is 24.6. The molecule has 0 saturated carbocycles. The molecule has 0 fully saturated rings. The van der Waals surface area contributed by atoms with Crippen LogP contribution in [-0.2, 0) is 19.1 Å². The van der Waals surface area contributed by atoms with E-state index in [-0.39, 0.29) is 17.5 Å². The van der Waals surface area contributed by atoms with E-state index in [1.807, 2.05) is 25.1 Å². The summed E-state index contributed by atoms with van der Waals surface area (Å²) in [6, 6.07) is 5.80. The SMILES string of the molecule is CCOC(=O)CCCCOc1cc(C)c(OCCCCC(=O)OCC)c2c1SC(=C(C#N)C#N)S2. The Kier molecular flexibility index (Phi) is 12.4. The first kappa shape index (κ1) is 28.4. The minimum atomic E-state index is -0.213. The van der Waals surface area contributed by atoms with Crippen molar-refractivity contribution in [2.75, 3.05) is 26.4 Å². The number of allylic oxidation sites excluding steroid dienone is 1. The molecule has 0 amide bonds. The lowest BCUT2D eigenvalue weighted by atomic mass is 10.2. The van der Waals surface area contributed by atoms with E-state index in [9.17, 15) is 20.1 Å². The number of carbonyl (C=O) groups excluding carboxylic acids is 2. The Labute approximate surface area is 214 Å². The fraction of sp³-hybridized carbons (Fsp3) is 0.520. The highest BCUT2D eigenvalue weighted by molar-refractivity contribution is 8.24. The van der Waals surface area contributed by atoms with E-state index in [4.69, 9.17) is 18.9 Å². The van der Waals surface area contributed by atoms with E-state index in [0.717, 1.165) is 15.4 Å². The summed E-state index contributed by atoms with van der Waals surface area (Å²) in [5, 5.41) is 18.7. The molecule has 35 heavy (non-hydrogen) atoms. The number of nitriles is 2. The Balaban J connectivity index is 2.09. The first-order chi connectivity index (χ1) is 16.9. The van der Waals surface area contributed by atoms with Crippen molar-refractivity contribution in [2.24, 2.45) is 0 Å². The lowest BCUT2D eigenvalue weighted by molar-refractivity contribution is -0.144. The molecule has 0 N–H and O–H groups in total. The van der Waals surface area contributed by atoms with E-state index >= 15 is 0 Å². The largest absolute Gasteiger partial charge is 0.492 e. The third-order valence-corrected chi connectivity index (χ3v) is 7.44. The van der Waals surface area contributed by atoms with Crippen LogP contribution in [0, 0.1) is 29.6 Å². The predicted molar refractivity (Wildman–Crippen MR) is 133 cm³/mol. The molecule has 8 nitrogen and oxygen atoms in total. The molecule has 1 aromatic carbocycles. The summed E-state index contributed by atoms with van der Waals surface area (Å²) in [7, 11) is 0. The molecular formula is C25H30N2O6S2. The van der Waals surface area contributed by atoms with E-state index in [0.29, 0.717) is 80.7 Å². The van der Waals surface area contributed by atoms with Crippen molar-refractivity contribution >= 4 is 35.5 Å². The molecule has 1 aliphatic rings. The molecule has 0 atom stereocenters. The van der Waals surface area contributed by atoms with E-state index in [2.05, 4.69) is 0 Å². The lowest BCUT2D eigenvalue weighted by Crippen LogP contribution is -2.06. The van der Waals surface area contributed by atoms with Gasteiger partial charge in [0.15, 0.2) is 0 Å². The maximum Gasteiger partial charge on any atom is 0.305 e. The molecule has 1 aromatic rings. The monoisotopic (exact) mass is 518 g/mol. The van der Waals surface area contributed by atoms with Gasteiger partial charge in [0.25, 0.3) is 0 Å². The minimum Gasteiger partial charge on any atom is -0.492 e. The third-order valence-electron chi connectivity index (χ3n) is 4.82. The van der Waals surface area contributed by atoms with E-state index in [1.54, 1.807) is 13.8 Å². The van der Waals surface area contributed by atoms with Gasteiger partial charge < -0.3 is 18.9 Å². The average molecular weight is 519 g/mol. The van der Waals surface area contributed by atoms with Gasteiger partial charge in [-0.2, -0.15) is 10.5 Å².